The molecular formula is C16H16N6O4. The van der Waals surface area contributed by atoms with Gasteiger partial charge in [0.25, 0.3) is 5.91 Å². The molecule has 3 atom stereocenters. The summed E-state index contributed by atoms with van der Waals surface area (Å²) in [6.45, 7) is -0.273. The highest BCUT2D eigenvalue weighted by Gasteiger charge is 2.35. The van der Waals surface area contributed by atoms with Gasteiger partial charge in [-0.25, -0.2) is 15.0 Å². The summed E-state index contributed by atoms with van der Waals surface area (Å²) in [4.78, 5) is 28.8. The van der Waals surface area contributed by atoms with Gasteiger partial charge in [0.2, 0.25) is 0 Å². The number of nitrogens with zero attached hydrogens (tertiary/aromatic N) is 5. The van der Waals surface area contributed by atoms with Gasteiger partial charge in [-0.15, -0.1) is 0 Å². The lowest BCUT2D eigenvalue weighted by atomic mass is 10.2. The number of imidazole rings is 1. The number of rotatable bonds is 4. The Bertz CT molecular complexity index is 931. The van der Waals surface area contributed by atoms with Gasteiger partial charge < -0.3 is 20.3 Å². The molecule has 3 aromatic heterocycles. The summed E-state index contributed by atoms with van der Waals surface area (Å²) in [5, 5.41) is 21.8. The molecule has 3 aromatic rings. The fraction of sp³-hybridized carbons (Fsp3) is 0.312. The molecule has 1 amide bonds. The van der Waals surface area contributed by atoms with Crippen LogP contribution in [-0.4, -0.2) is 59.4 Å². The Hall–Kier alpha value is -2.95. The summed E-state index contributed by atoms with van der Waals surface area (Å²) in [6, 6.07) is 5.03. The Morgan fingerprint density at radius 3 is 2.92 bits per heavy atom. The quantitative estimate of drug-likeness (QED) is 0.599. The fourth-order valence-electron chi connectivity index (χ4n) is 2.87. The minimum Gasteiger partial charge on any atom is -0.394 e. The van der Waals surface area contributed by atoms with E-state index in [0.717, 1.165) is 0 Å². The Morgan fingerprint density at radius 1 is 1.31 bits per heavy atom. The van der Waals surface area contributed by atoms with Gasteiger partial charge in [0.15, 0.2) is 17.0 Å². The first kappa shape index (κ1) is 16.5. The highest BCUT2D eigenvalue weighted by atomic mass is 16.5. The Kier molecular flexibility index (Phi) is 4.29. The molecule has 1 saturated heterocycles. The van der Waals surface area contributed by atoms with E-state index in [4.69, 9.17) is 4.74 Å². The minimum atomic E-state index is -0.771. The lowest BCUT2D eigenvalue weighted by molar-refractivity contribution is -0.0432. The molecule has 0 spiro atoms. The van der Waals surface area contributed by atoms with E-state index in [9.17, 15) is 15.0 Å². The van der Waals surface area contributed by atoms with E-state index >= 15 is 0 Å². The van der Waals surface area contributed by atoms with Crippen LogP contribution < -0.4 is 5.32 Å². The molecule has 0 bridgehead atoms. The van der Waals surface area contributed by atoms with E-state index in [-0.39, 0.29) is 18.1 Å². The number of amides is 1. The molecule has 1 fully saturated rings. The van der Waals surface area contributed by atoms with Gasteiger partial charge in [0.05, 0.1) is 19.0 Å². The SMILES string of the molecule is O=C(Nc1ncnc2c1ncn2[C@H]1C[C@H](O)[C@@H](CO)O1)c1ccccn1. The van der Waals surface area contributed by atoms with Gasteiger partial charge in [0, 0.05) is 12.6 Å². The molecule has 0 aromatic carbocycles. The first-order chi connectivity index (χ1) is 12.7. The van der Waals surface area contributed by atoms with Crippen molar-refractivity contribution < 1.29 is 19.7 Å². The molecule has 4 heterocycles. The third kappa shape index (κ3) is 2.90. The maximum absolute atomic E-state index is 12.3. The topological polar surface area (TPSA) is 135 Å². The second-order valence-corrected chi connectivity index (χ2v) is 5.83. The fourth-order valence-corrected chi connectivity index (χ4v) is 2.87. The molecule has 0 radical (unpaired) electrons. The van der Waals surface area contributed by atoms with E-state index in [1.807, 2.05) is 0 Å². The smallest absolute Gasteiger partial charge is 0.275 e. The molecule has 0 aliphatic carbocycles. The Balaban J connectivity index is 1.63. The van der Waals surface area contributed by atoms with Crippen molar-refractivity contribution in [3.05, 3.63) is 42.7 Å². The molecule has 1 aliphatic heterocycles. The number of hydrogen-bond acceptors (Lipinski definition) is 8. The van der Waals surface area contributed by atoms with Gasteiger partial charge in [-0.1, -0.05) is 6.07 Å². The van der Waals surface area contributed by atoms with Gasteiger partial charge in [-0.05, 0) is 12.1 Å². The standard InChI is InChI=1S/C16H16N6O4/c23-6-11-10(24)5-12(26-11)22-8-20-13-14(18-7-19-15(13)22)21-16(25)9-3-1-2-4-17-9/h1-4,7-8,10-12,23-24H,5-6H2,(H,18,19,21,25)/t10-,11+,12+/m0/s1. The summed E-state index contributed by atoms with van der Waals surface area (Å²) in [6.07, 6.45) is 2.71. The van der Waals surface area contributed by atoms with Crippen LogP contribution in [0.25, 0.3) is 11.2 Å². The van der Waals surface area contributed by atoms with Crippen LogP contribution >= 0.6 is 0 Å². The maximum Gasteiger partial charge on any atom is 0.275 e. The van der Waals surface area contributed by atoms with Crippen molar-refractivity contribution in [2.45, 2.75) is 24.9 Å². The Morgan fingerprint density at radius 2 is 2.19 bits per heavy atom. The normalized spacial score (nSPS) is 22.6. The second kappa shape index (κ2) is 6.75. The number of hydrogen-bond donors (Lipinski definition) is 3. The van der Waals surface area contributed by atoms with E-state index in [2.05, 4.69) is 25.3 Å². The largest absolute Gasteiger partial charge is 0.394 e. The molecule has 0 unspecified atom stereocenters. The van der Waals surface area contributed by atoms with Crippen LogP contribution in [0.5, 0.6) is 0 Å². The molecule has 10 heteroatoms. The molecule has 1 aliphatic rings. The number of ether oxygens (including phenoxy) is 1. The highest BCUT2D eigenvalue weighted by molar-refractivity contribution is 6.05. The van der Waals surface area contributed by atoms with Crippen LogP contribution in [0.2, 0.25) is 0 Å². The number of pyridine rings is 1. The van der Waals surface area contributed by atoms with E-state index in [1.165, 1.54) is 18.9 Å². The molecule has 134 valence electrons. The minimum absolute atomic E-state index is 0.252. The average Bonchev–Trinajstić information content (AvgIpc) is 3.26. The summed E-state index contributed by atoms with van der Waals surface area (Å²) in [7, 11) is 0. The van der Waals surface area contributed by atoms with Gasteiger partial charge in [-0.3, -0.25) is 14.3 Å². The van der Waals surface area contributed by atoms with Crippen LogP contribution in [0.1, 0.15) is 23.1 Å². The molecule has 3 N–H and O–H groups in total. The predicted molar refractivity (Wildman–Crippen MR) is 89.1 cm³/mol. The van der Waals surface area contributed by atoms with Crippen LogP contribution in [0.3, 0.4) is 0 Å². The number of fused-ring (bicyclic) bond motifs is 1. The van der Waals surface area contributed by atoms with Crippen molar-refractivity contribution in [3.63, 3.8) is 0 Å². The predicted octanol–water partition coefficient (Wildman–Crippen LogP) is 0.114. The van der Waals surface area contributed by atoms with Crippen molar-refractivity contribution in [2.24, 2.45) is 0 Å². The zero-order valence-electron chi connectivity index (χ0n) is 13.6. The zero-order valence-corrected chi connectivity index (χ0v) is 13.6. The zero-order chi connectivity index (χ0) is 18.1. The van der Waals surface area contributed by atoms with Gasteiger partial charge in [0.1, 0.15) is 24.4 Å². The number of nitrogens with one attached hydrogen (secondary N) is 1. The Labute approximate surface area is 147 Å². The van der Waals surface area contributed by atoms with Crippen LogP contribution in [0.15, 0.2) is 37.1 Å². The van der Waals surface area contributed by atoms with Crippen LogP contribution in [0.4, 0.5) is 5.82 Å². The lowest BCUT2D eigenvalue weighted by Gasteiger charge is -2.13. The summed E-state index contributed by atoms with van der Waals surface area (Å²) in [5.41, 5.74) is 1.10. The summed E-state index contributed by atoms with van der Waals surface area (Å²) >= 11 is 0. The summed E-state index contributed by atoms with van der Waals surface area (Å²) in [5.74, 6) is -0.158. The lowest BCUT2D eigenvalue weighted by Crippen LogP contribution is -2.24. The second-order valence-electron chi connectivity index (χ2n) is 5.83. The number of aliphatic hydroxyl groups is 2. The summed E-state index contributed by atoms with van der Waals surface area (Å²) < 4.78 is 7.28. The molecule has 4 rings (SSSR count). The molecule has 26 heavy (non-hydrogen) atoms. The first-order valence-corrected chi connectivity index (χ1v) is 8.01. The number of aromatic nitrogens is 5. The van der Waals surface area contributed by atoms with Gasteiger partial charge >= 0.3 is 0 Å². The third-order valence-electron chi connectivity index (χ3n) is 4.18. The third-order valence-corrected chi connectivity index (χ3v) is 4.18. The van der Waals surface area contributed by atoms with Crippen molar-refractivity contribution in [1.82, 2.24) is 24.5 Å². The number of carbonyl (C=O) groups excluding carboxylic acids is 1. The van der Waals surface area contributed by atoms with Crippen molar-refractivity contribution in [2.75, 3.05) is 11.9 Å². The maximum atomic E-state index is 12.3. The number of carbonyl (C=O) groups is 1. The number of aliphatic hydroxyl groups excluding tert-OH is 2. The average molecular weight is 356 g/mol. The van der Waals surface area contributed by atoms with E-state index < -0.39 is 24.3 Å². The van der Waals surface area contributed by atoms with Gasteiger partial charge in [-0.2, -0.15) is 0 Å². The van der Waals surface area contributed by atoms with Crippen molar-refractivity contribution >= 4 is 22.9 Å². The molecule has 10 nitrogen and oxygen atoms in total. The molecule has 0 saturated carbocycles. The first-order valence-electron chi connectivity index (χ1n) is 8.01. The highest BCUT2D eigenvalue weighted by Crippen LogP contribution is 2.31. The number of anilines is 1. The van der Waals surface area contributed by atoms with Crippen LogP contribution in [-0.2, 0) is 4.74 Å². The van der Waals surface area contributed by atoms with E-state index in [0.29, 0.717) is 17.6 Å². The van der Waals surface area contributed by atoms with Crippen molar-refractivity contribution in [1.29, 1.82) is 0 Å². The molecular weight excluding hydrogens is 340 g/mol. The monoisotopic (exact) mass is 356 g/mol. The van der Waals surface area contributed by atoms with Crippen LogP contribution in [0, 0.1) is 0 Å². The van der Waals surface area contributed by atoms with E-state index in [1.54, 1.807) is 22.8 Å². The van der Waals surface area contributed by atoms with Crippen molar-refractivity contribution in [3.8, 4) is 0 Å².